The monoisotopic (exact) mass is 416 g/mol. The molecule has 0 spiro atoms. The molecule has 4 rings (SSSR count). The van der Waals surface area contributed by atoms with E-state index in [4.69, 9.17) is 0 Å². The summed E-state index contributed by atoms with van der Waals surface area (Å²) >= 11 is 0. The van der Waals surface area contributed by atoms with Crippen molar-refractivity contribution in [1.29, 1.82) is 0 Å². The molecule has 4 atom stereocenters. The number of carbonyl (C=O) groups is 3. The second kappa shape index (κ2) is 8.22. The second-order valence-electron chi connectivity index (χ2n) is 7.91. The largest absolute Gasteiger partial charge is 0.480 e. The summed E-state index contributed by atoms with van der Waals surface area (Å²) in [5.74, 6) is -2.64. The number of rotatable bonds is 5. The highest BCUT2D eigenvalue weighted by Gasteiger charge is 2.56. The summed E-state index contributed by atoms with van der Waals surface area (Å²) in [6.07, 6.45) is 7.81. The van der Waals surface area contributed by atoms with Crippen LogP contribution in [0.15, 0.2) is 85.1 Å². The molecule has 31 heavy (non-hydrogen) atoms. The maximum atomic E-state index is 13.9. The number of aliphatic carboxylic acids is 1. The summed E-state index contributed by atoms with van der Waals surface area (Å²) < 4.78 is 0. The number of carboxylic acid groups (broad SMARTS) is 1. The lowest BCUT2D eigenvalue weighted by atomic mass is 9.64. The molecule has 0 radical (unpaired) electrons. The number of hydrogen-bond acceptors (Lipinski definition) is 3. The molecule has 0 saturated carbocycles. The van der Waals surface area contributed by atoms with Crippen molar-refractivity contribution in [3.8, 4) is 0 Å². The summed E-state index contributed by atoms with van der Waals surface area (Å²) in [5, 5.41) is 12.6. The van der Waals surface area contributed by atoms with Crippen molar-refractivity contribution in [3.05, 3.63) is 96.2 Å². The number of amides is 2. The Bertz CT molecular complexity index is 1050. The Labute approximate surface area is 180 Å². The van der Waals surface area contributed by atoms with Gasteiger partial charge < -0.3 is 15.3 Å². The molecular weight excluding hydrogens is 392 g/mol. The van der Waals surface area contributed by atoms with Gasteiger partial charge in [-0.15, -0.1) is 0 Å². The molecule has 6 heteroatoms. The molecule has 1 aliphatic carbocycles. The van der Waals surface area contributed by atoms with Crippen LogP contribution >= 0.6 is 0 Å². The molecule has 1 aliphatic heterocycles. The number of benzene rings is 2. The molecule has 2 aromatic carbocycles. The van der Waals surface area contributed by atoms with Gasteiger partial charge in [0.1, 0.15) is 11.6 Å². The average Bonchev–Trinajstić information content (AvgIpc) is 2.80. The van der Waals surface area contributed by atoms with Crippen LogP contribution in [0.1, 0.15) is 35.2 Å². The summed E-state index contributed by atoms with van der Waals surface area (Å²) in [5.41, 5.74) is 0.0237. The third-order valence-corrected chi connectivity index (χ3v) is 6.17. The quantitative estimate of drug-likeness (QED) is 0.732. The van der Waals surface area contributed by atoms with Gasteiger partial charge in [-0.25, -0.2) is 4.79 Å². The predicted molar refractivity (Wildman–Crippen MR) is 116 cm³/mol. The molecule has 158 valence electrons. The lowest BCUT2D eigenvalue weighted by Gasteiger charge is -2.50. The minimum absolute atomic E-state index is 0.350. The van der Waals surface area contributed by atoms with Crippen LogP contribution in [0.3, 0.4) is 0 Å². The van der Waals surface area contributed by atoms with Crippen molar-refractivity contribution in [2.75, 3.05) is 0 Å². The number of allylic oxidation sites excluding steroid dienone is 1. The van der Waals surface area contributed by atoms with Gasteiger partial charge in [-0.05, 0) is 31.0 Å². The van der Waals surface area contributed by atoms with Crippen LogP contribution in [-0.4, -0.2) is 39.4 Å². The molecule has 2 amide bonds. The fourth-order valence-corrected chi connectivity index (χ4v) is 4.49. The third kappa shape index (κ3) is 3.54. The molecular formula is C25H24N2O4. The van der Waals surface area contributed by atoms with Gasteiger partial charge in [-0.1, -0.05) is 66.8 Å². The zero-order valence-corrected chi connectivity index (χ0v) is 17.1. The molecule has 0 saturated heterocycles. The Kier molecular flexibility index (Phi) is 5.46. The molecule has 0 fully saturated rings. The van der Waals surface area contributed by atoms with Gasteiger partial charge in [0.05, 0.1) is 0 Å². The third-order valence-electron chi connectivity index (χ3n) is 6.17. The minimum atomic E-state index is -1.33. The Morgan fingerprint density at radius 1 is 1.06 bits per heavy atom. The van der Waals surface area contributed by atoms with Gasteiger partial charge in [-0.2, -0.15) is 0 Å². The van der Waals surface area contributed by atoms with Crippen LogP contribution in [0, 0.1) is 5.92 Å². The summed E-state index contributed by atoms with van der Waals surface area (Å²) in [6.45, 7) is 1.47. The highest BCUT2D eigenvalue weighted by molar-refractivity contribution is 6.02. The summed E-state index contributed by atoms with van der Waals surface area (Å²) in [4.78, 5) is 40.1. The molecule has 2 aromatic rings. The molecule has 6 nitrogen and oxygen atoms in total. The topological polar surface area (TPSA) is 86.7 Å². The first-order valence-corrected chi connectivity index (χ1v) is 10.3. The van der Waals surface area contributed by atoms with E-state index >= 15 is 0 Å². The first kappa shape index (κ1) is 20.6. The van der Waals surface area contributed by atoms with E-state index in [2.05, 4.69) is 5.32 Å². The molecule has 2 aliphatic rings. The first-order valence-electron chi connectivity index (χ1n) is 10.3. The summed E-state index contributed by atoms with van der Waals surface area (Å²) in [7, 11) is 0. The zero-order chi connectivity index (χ0) is 22.0. The normalized spacial score (nSPS) is 25.6. The Balaban J connectivity index is 1.85. The average molecular weight is 416 g/mol. The smallest absolute Gasteiger partial charge is 0.326 e. The highest BCUT2D eigenvalue weighted by atomic mass is 16.4. The van der Waals surface area contributed by atoms with Gasteiger partial charge in [0.2, 0.25) is 0 Å². The van der Waals surface area contributed by atoms with Gasteiger partial charge in [0.15, 0.2) is 0 Å². The van der Waals surface area contributed by atoms with E-state index in [9.17, 15) is 19.5 Å². The van der Waals surface area contributed by atoms with E-state index in [-0.39, 0.29) is 11.8 Å². The zero-order valence-electron chi connectivity index (χ0n) is 17.1. The van der Waals surface area contributed by atoms with Crippen LogP contribution in [0.2, 0.25) is 0 Å². The molecule has 2 N–H and O–H groups in total. The molecule has 0 bridgehead atoms. The van der Waals surface area contributed by atoms with E-state index in [1.54, 1.807) is 30.3 Å². The molecule has 0 aromatic heterocycles. The predicted octanol–water partition coefficient (Wildman–Crippen LogP) is 3.34. The van der Waals surface area contributed by atoms with Crippen LogP contribution in [0.4, 0.5) is 0 Å². The number of nitrogens with zero attached hydrogens (tertiary/aromatic N) is 1. The van der Waals surface area contributed by atoms with Crippen LogP contribution in [0.5, 0.6) is 0 Å². The SMILES string of the molecule is C[C@H](C(=O)O)N1C=C[C@H]2C=CC[C@H](c3ccccc3)[C@@]2(NC(=O)c2ccccc2)C1=O. The van der Waals surface area contributed by atoms with E-state index in [0.717, 1.165) is 5.56 Å². The Hall–Kier alpha value is -3.67. The van der Waals surface area contributed by atoms with E-state index in [0.29, 0.717) is 12.0 Å². The Morgan fingerprint density at radius 2 is 1.71 bits per heavy atom. The number of nitrogens with one attached hydrogen (secondary N) is 1. The van der Waals surface area contributed by atoms with Gasteiger partial charge >= 0.3 is 5.97 Å². The lowest BCUT2D eigenvalue weighted by molar-refractivity contribution is -0.151. The van der Waals surface area contributed by atoms with Crippen LogP contribution in [0.25, 0.3) is 0 Å². The fourth-order valence-electron chi connectivity index (χ4n) is 4.49. The fraction of sp³-hybridized carbons (Fsp3) is 0.240. The summed E-state index contributed by atoms with van der Waals surface area (Å²) in [6, 6.07) is 17.2. The van der Waals surface area contributed by atoms with Gasteiger partial charge in [0.25, 0.3) is 11.8 Å². The number of hydrogen-bond donors (Lipinski definition) is 2. The van der Waals surface area contributed by atoms with Crippen LogP contribution < -0.4 is 5.32 Å². The minimum Gasteiger partial charge on any atom is -0.480 e. The number of carboxylic acids is 1. The van der Waals surface area contributed by atoms with Crippen molar-refractivity contribution < 1.29 is 19.5 Å². The number of fused-ring (bicyclic) bond motifs is 1. The van der Waals surface area contributed by atoms with Crippen LogP contribution in [-0.2, 0) is 9.59 Å². The van der Waals surface area contributed by atoms with Crippen molar-refractivity contribution in [1.82, 2.24) is 10.2 Å². The first-order chi connectivity index (χ1) is 14.9. The van der Waals surface area contributed by atoms with Crippen molar-refractivity contribution in [2.24, 2.45) is 5.92 Å². The molecule has 1 heterocycles. The number of carbonyl (C=O) groups excluding carboxylic acids is 2. The van der Waals surface area contributed by atoms with E-state index < -0.39 is 29.4 Å². The maximum absolute atomic E-state index is 13.9. The van der Waals surface area contributed by atoms with Crippen molar-refractivity contribution in [3.63, 3.8) is 0 Å². The second-order valence-corrected chi connectivity index (χ2v) is 7.91. The molecule has 0 unspecified atom stereocenters. The van der Waals surface area contributed by atoms with E-state index in [1.165, 1.54) is 18.0 Å². The van der Waals surface area contributed by atoms with Gasteiger partial charge in [-0.3, -0.25) is 9.59 Å². The lowest BCUT2D eigenvalue weighted by Crippen LogP contribution is -2.69. The highest BCUT2D eigenvalue weighted by Crippen LogP contribution is 2.45. The van der Waals surface area contributed by atoms with E-state index in [1.807, 2.05) is 48.6 Å². The standard InChI is InChI=1S/C25H24N2O4/c1-17(23(29)30)27-16-15-20-13-8-14-21(18-9-4-2-5-10-18)25(20,24(27)31)26-22(28)19-11-6-3-7-12-19/h2-13,15-17,20-21H,14H2,1H3,(H,26,28)(H,29,30)/t17-,20-,21-,25-/m1/s1. The van der Waals surface area contributed by atoms with Gasteiger partial charge in [0, 0.05) is 23.6 Å². The maximum Gasteiger partial charge on any atom is 0.326 e. The van der Waals surface area contributed by atoms with Crippen molar-refractivity contribution in [2.45, 2.75) is 30.8 Å². The Morgan fingerprint density at radius 3 is 2.35 bits per heavy atom. The van der Waals surface area contributed by atoms with Crippen molar-refractivity contribution >= 4 is 17.8 Å².